The first-order chi connectivity index (χ1) is 15.4. The summed E-state index contributed by atoms with van der Waals surface area (Å²) in [5.41, 5.74) is 1.45. The van der Waals surface area contributed by atoms with Crippen LogP contribution in [0.25, 0.3) is 11.4 Å². The Morgan fingerprint density at radius 1 is 1.19 bits per heavy atom. The highest BCUT2D eigenvalue weighted by Crippen LogP contribution is 2.33. The van der Waals surface area contributed by atoms with E-state index in [0.717, 1.165) is 5.56 Å². The van der Waals surface area contributed by atoms with Crippen molar-refractivity contribution in [3.05, 3.63) is 54.7 Å². The van der Waals surface area contributed by atoms with Gasteiger partial charge in [0.25, 0.3) is 5.91 Å². The fourth-order valence-electron chi connectivity index (χ4n) is 3.54. The number of anilines is 1. The third kappa shape index (κ3) is 4.46. The van der Waals surface area contributed by atoms with Crippen molar-refractivity contribution in [2.75, 3.05) is 11.4 Å². The van der Waals surface area contributed by atoms with Crippen molar-refractivity contribution >= 4 is 17.5 Å². The predicted octanol–water partition coefficient (Wildman–Crippen LogP) is 3.15. The van der Waals surface area contributed by atoms with Gasteiger partial charge in [-0.25, -0.2) is 0 Å². The van der Waals surface area contributed by atoms with Crippen molar-refractivity contribution in [3.8, 4) is 17.1 Å². The normalized spacial score (nSPS) is 16.4. The van der Waals surface area contributed by atoms with Crippen LogP contribution in [-0.2, 0) is 9.59 Å². The van der Waals surface area contributed by atoms with Gasteiger partial charge in [-0.2, -0.15) is 4.98 Å². The van der Waals surface area contributed by atoms with Gasteiger partial charge in [0.05, 0.1) is 5.69 Å². The number of ether oxygens (including phenoxy) is 1. The van der Waals surface area contributed by atoms with E-state index in [0.29, 0.717) is 23.2 Å². The Kier molecular flexibility index (Phi) is 6.16. The molecule has 3 aromatic rings. The summed E-state index contributed by atoms with van der Waals surface area (Å²) in [4.78, 5) is 35.4. The summed E-state index contributed by atoms with van der Waals surface area (Å²) in [6.45, 7) is 5.87. The number of hydrogen-bond acceptors (Lipinski definition) is 7. The van der Waals surface area contributed by atoms with E-state index >= 15 is 0 Å². The Balaban J connectivity index is 1.43. The first-order valence-corrected chi connectivity index (χ1v) is 10.5. The summed E-state index contributed by atoms with van der Waals surface area (Å²) >= 11 is 0. The fourth-order valence-corrected chi connectivity index (χ4v) is 3.54. The molecule has 9 nitrogen and oxygen atoms in total. The smallest absolute Gasteiger partial charge is 0.267 e. The summed E-state index contributed by atoms with van der Waals surface area (Å²) in [6, 6.07) is 10.4. The van der Waals surface area contributed by atoms with E-state index in [9.17, 15) is 9.59 Å². The molecule has 0 fully saturated rings. The van der Waals surface area contributed by atoms with Crippen LogP contribution in [0.15, 0.2) is 53.3 Å². The van der Waals surface area contributed by atoms with Crippen molar-refractivity contribution < 1.29 is 18.8 Å². The Labute approximate surface area is 185 Å². The Bertz CT molecular complexity index is 1100. The Hall–Kier alpha value is -3.75. The van der Waals surface area contributed by atoms with Crippen molar-refractivity contribution in [2.45, 2.75) is 39.3 Å². The number of amides is 2. The molecule has 2 amide bonds. The summed E-state index contributed by atoms with van der Waals surface area (Å²) in [6.07, 6.45) is 2.83. The molecule has 3 heterocycles. The molecule has 0 saturated heterocycles. The second-order valence-electron chi connectivity index (χ2n) is 7.95. The number of nitrogens with zero attached hydrogens (tertiary/aromatic N) is 4. The van der Waals surface area contributed by atoms with Crippen LogP contribution >= 0.6 is 0 Å². The number of aromatic nitrogens is 3. The molecular weight excluding hydrogens is 410 g/mol. The van der Waals surface area contributed by atoms with Gasteiger partial charge in [-0.3, -0.25) is 14.6 Å². The maximum absolute atomic E-state index is 12.8. The van der Waals surface area contributed by atoms with Gasteiger partial charge in [0.1, 0.15) is 11.8 Å². The predicted molar refractivity (Wildman–Crippen MR) is 117 cm³/mol. The van der Waals surface area contributed by atoms with Crippen LogP contribution in [0.2, 0.25) is 0 Å². The minimum Gasteiger partial charge on any atom is -0.479 e. The van der Waals surface area contributed by atoms with Gasteiger partial charge in [0.2, 0.25) is 17.6 Å². The molecule has 1 aliphatic rings. The summed E-state index contributed by atoms with van der Waals surface area (Å²) in [5.74, 6) is 1.05. The third-order valence-corrected chi connectivity index (χ3v) is 5.27. The molecule has 166 valence electrons. The number of hydrogen-bond donors (Lipinski definition) is 1. The number of carbonyl (C=O) groups excluding carboxylic acids is 2. The molecule has 2 aromatic heterocycles. The molecule has 9 heteroatoms. The SMILES string of the molecule is CC(C)[C@@H](NC(=O)CCN1C(=O)[C@@H](C)Oc2ccccc21)c1nc(-c2ccncc2)no1. The molecular formula is C23H25N5O4. The molecule has 1 aliphatic heterocycles. The maximum Gasteiger partial charge on any atom is 0.267 e. The second-order valence-corrected chi connectivity index (χ2v) is 7.95. The van der Waals surface area contributed by atoms with Crippen LogP contribution in [0.5, 0.6) is 5.75 Å². The van der Waals surface area contributed by atoms with Crippen molar-refractivity contribution in [3.63, 3.8) is 0 Å². The zero-order valence-corrected chi connectivity index (χ0v) is 18.2. The molecule has 1 N–H and O–H groups in total. The van der Waals surface area contributed by atoms with Crippen LogP contribution in [0.1, 0.15) is 39.1 Å². The van der Waals surface area contributed by atoms with Crippen molar-refractivity contribution in [2.24, 2.45) is 5.92 Å². The molecule has 0 aliphatic carbocycles. The number of nitrogens with one attached hydrogen (secondary N) is 1. The molecule has 4 rings (SSSR count). The molecule has 2 atom stereocenters. The third-order valence-electron chi connectivity index (χ3n) is 5.27. The van der Waals surface area contributed by atoms with Crippen LogP contribution in [0.4, 0.5) is 5.69 Å². The van der Waals surface area contributed by atoms with Gasteiger partial charge in [-0.1, -0.05) is 31.1 Å². The monoisotopic (exact) mass is 435 g/mol. The minimum atomic E-state index is -0.596. The van der Waals surface area contributed by atoms with E-state index in [1.807, 2.05) is 38.1 Å². The van der Waals surface area contributed by atoms with Gasteiger partial charge < -0.3 is 19.5 Å². The summed E-state index contributed by atoms with van der Waals surface area (Å²) < 4.78 is 11.1. The number of para-hydroxylation sites is 2. The molecule has 0 bridgehead atoms. The quantitative estimate of drug-likeness (QED) is 0.607. The number of carbonyl (C=O) groups is 2. The molecule has 32 heavy (non-hydrogen) atoms. The lowest BCUT2D eigenvalue weighted by molar-refractivity contribution is -0.125. The van der Waals surface area contributed by atoms with Gasteiger partial charge in [-0.15, -0.1) is 0 Å². The summed E-state index contributed by atoms with van der Waals surface area (Å²) in [5, 5.41) is 7.00. The highest BCUT2D eigenvalue weighted by atomic mass is 16.5. The lowest BCUT2D eigenvalue weighted by Gasteiger charge is -2.33. The molecule has 1 aromatic carbocycles. The van der Waals surface area contributed by atoms with E-state index in [4.69, 9.17) is 9.26 Å². The Morgan fingerprint density at radius 3 is 2.69 bits per heavy atom. The van der Waals surface area contributed by atoms with E-state index in [2.05, 4.69) is 20.4 Å². The van der Waals surface area contributed by atoms with Gasteiger partial charge in [0.15, 0.2) is 6.10 Å². The molecule has 0 spiro atoms. The largest absolute Gasteiger partial charge is 0.479 e. The molecule has 0 saturated carbocycles. The zero-order valence-electron chi connectivity index (χ0n) is 18.2. The zero-order chi connectivity index (χ0) is 22.7. The number of fused-ring (bicyclic) bond motifs is 1. The van der Waals surface area contributed by atoms with Crippen LogP contribution in [0.3, 0.4) is 0 Å². The minimum absolute atomic E-state index is 0.0236. The van der Waals surface area contributed by atoms with E-state index < -0.39 is 12.1 Å². The van der Waals surface area contributed by atoms with E-state index in [1.54, 1.807) is 36.4 Å². The fraction of sp³-hybridized carbons (Fsp3) is 0.348. The maximum atomic E-state index is 12.8. The van der Waals surface area contributed by atoms with E-state index in [1.165, 1.54) is 0 Å². The van der Waals surface area contributed by atoms with Gasteiger partial charge >= 0.3 is 0 Å². The Morgan fingerprint density at radius 2 is 1.94 bits per heavy atom. The first-order valence-electron chi connectivity index (χ1n) is 10.5. The van der Waals surface area contributed by atoms with Gasteiger partial charge in [-0.05, 0) is 37.1 Å². The number of benzene rings is 1. The first kappa shape index (κ1) is 21.5. The average Bonchev–Trinajstić information content (AvgIpc) is 3.28. The average molecular weight is 435 g/mol. The van der Waals surface area contributed by atoms with E-state index in [-0.39, 0.29) is 30.7 Å². The lowest BCUT2D eigenvalue weighted by Crippen LogP contribution is -2.46. The van der Waals surface area contributed by atoms with Crippen molar-refractivity contribution in [1.29, 1.82) is 0 Å². The number of rotatable bonds is 7. The van der Waals surface area contributed by atoms with Crippen LogP contribution < -0.4 is 15.0 Å². The molecule has 0 unspecified atom stereocenters. The summed E-state index contributed by atoms with van der Waals surface area (Å²) in [7, 11) is 0. The standard InChI is InChI=1S/C23H25N5O4/c1-14(2)20(22-26-21(27-32-22)16-8-11-24-12-9-16)25-19(29)10-13-28-17-6-4-5-7-18(17)31-15(3)23(28)30/h4-9,11-12,14-15,20H,10,13H2,1-3H3,(H,25,29)/t15-,20-/m1/s1. The highest BCUT2D eigenvalue weighted by Gasteiger charge is 2.32. The van der Waals surface area contributed by atoms with Crippen molar-refractivity contribution in [1.82, 2.24) is 20.4 Å². The van der Waals surface area contributed by atoms with Gasteiger partial charge in [0, 0.05) is 30.9 Å². The second kappa shape index (κ2) is 9.17. The number of pyridine rings is 1. The highest BCUT2D eigenvalue weighted by molar-refractivity contribution is 6.00. The topological polar surface area (TPSA) is 110 Å². The lowest BCUT2D eigenvalue weighted by atomic mass is 10.0. The van der Waals surface area contributed by atoms with Crippen LogP contribution in [-0.4, -0.2) is 39.6 Å². The molecule has 0 radical (unpaired) electrons. The van der Waals surface area contributed by atoms with Crippen LogP contribution in [0, 0.1) is 5.92 Å².